The number of aliphatic carboxylic acids is 1. The molecule has 2 N–H and O–H groups in total. The average molecular weight is 339 g/mol. The van der Waals surface area contributed by atoms with Gasteiger partial charge in [-0.05, 0) is 43.5 Å². The van der Waals surface area contributed by atoms with Gasteiger partial charge in [0.2, 0.25) is 0 Å². The van der Waals surface area contributed by atoms with Crippen molar-refractivity contribution in [3.63, 3.8) is 0 Å². The number of carboxylic acids is 1. The molecule has 1 saturated carbocycles. The Morgan fingerprint density at radius 1 is 1.16 bits per heavy atom. The highest BCUT2D eigenvalue weighted by molar-refractivity contribution is 5.96. The van der Waals surface area contributed by atoms with E-state index < -0.39 is 5.97 Å². The van der Waals surface area contributed by atoms with Crippen molar-refractivity contribution in [3.05, 3.63) is 54.1 Å². The molecule has 25 heavy (non-hydrogen) atoms. The molecule has 0 heterocycles. The van der Waals surface area contributed by atoms with Crippen LogP contribution in [0.5, 0.6) is 5.75 Å². The molecular weight excluding hydrogens is 318 g/mol. The normalized spacial score (nSPS) is 18.9. The van der Waals surface area contributed by atoms with E-state index in [1.165, 1.54) is 0 Å². The van der Waals surface area contributed by atoms with Gasteiger partial charge in [0, 0.05) is 17.2 Å². The van der Waals surface area contributed by atoms with Crippen molar-refractivity contribution in [2.24, 2.45) is 5.92 Å². The van der Waals surface area contributed by atoms with E-state index in [0.717, 1.165) is 16.9 Å². The van der Waals surface area contributed by atoms with Crippen LogP contribution in [0.1, 0.15) is 30.1 Å². The number of benzene rings is 2. The Morgan fingerprint density at radius 2 is 1.92 bits per heavy atom. The summed E-state index contributed by atoms with van der Waals surface area (Å²) < 4.78 is 5.66. The molecule has 5 nitrogen and oxygen atoms in total. The quantitative estimate of drug-likeness (QED) is 0.846. The first-order valence-corrected chi connectivity index (χ1v) is 8.44. The Bertz CT molecular complexity index is 781. The van der Waals surface area contributed by atoms with E-state index in [1.807, 2.05) is 49.4 Å². The molecule has 1 amide bonds. The average Bonchev–Trinajstić information content (AvgIpc) is 2.58. The molecule has 0 unspecified atom stereocenters. The predicted octanol–water partition coefficient (Wildman–Crippen LogP) is 3.35. The summed E-state index contributed by atoms with van der Waals surface area (Å²) in [5, 5.41) is 11.8. The van der Waals surface area contributed by atoms with Gasteiger partial charge in [-0.2, -0.15) is 0 Å². The number of carboxylic acid groups (broad SMARTS) is 1. The van der Waals surface area contributed by atoms with Gasteiger partial charge in [0.05, 0.1) is 12.5 Å². The first kappa shape index (κ1) is 17.0. The maximum Gasteiger partial charge on any atom is 0.306 e. The van der Waals surface area contributed by atoms with Gasteiger partial charge in [-0.25, -0.2) is 0 Å². The second-order valence-corrected chi connectivity index (χ2v) is 6.19. The van der Waals surface area contributed by atoms with Crippen molar-refractivity contribution in [1.82, 2.24) is 5.32 Å². The van der Waals surface area contributed by atoms with Crippen molar-refractivity contribution in [2.75, 3.05) is 6.61 Å². The van der Waals surface area contributed by atoms with Crippen LogP contribution in [0.25, 0.3) is 11.1 Å². The molecule has 0 aromatic heterocycles. The van der Waals surface area contributed by atoms with E-state index in [-0.39, 0.29) is 17.9 Å². The summed E-state index contributed by atoms with van der Waals surface area (Å²) in [6, 6.07) is 15.0. The molecule has 130 valence electrons. The van der Waals surface area contributed by atoms with E-state index in [4.69, 9.17) is 9.84 Å². The highest BCUT2D eigenvalue weighted by Crippen LogP contribution is 2.31. The number of nitrogens with one attached hydrogen (secondary N) is 1. The Labute approximate surface area is 146 Å². The standard InChI is InChI=1S/C20H21NO4/c1-2-25-18-9-4-3-8-17(18)13-6-5-7-14(10-13)19(22)21-16-11-15(12-16)20(23)24/h3-10,15-16H,2,11-12H2,1H3,(H,21,22)(H,23,24). The van der Waals surface area contributed by atoms with Crippen molar-refractivity contribution in [2.45, 2.75) is 25.8 Å². The molecule has 0 spiro atoms. The molecule has 2 aromatic rings. The summed E-state index contributed by atoms with van der Waals surface area (Å²) in [7, 11) is 0. The molecule has 5 heteroatoms. The minimum Gasteiger partial charge on any atom is -0.493 e. The van der Waals surface area contributed by atoms with Crippen molar-refractivity contribution in [3.8, 4) is 16.9 Å². The third kappa shape index (κ3) is 3.82. The van der Waals surface area contributed by atoms with Crippen molar-refractivity contribution in [1.29, 1.82) is 0 Å². The lowest BCUT2D eigenvalue weighted by molar-refractivity contribution is -0.145. The third-order valence-electron chi connectivity index (χ3n) is 4.45. The number of ether oxygens (including phenoxy) is 1. The SMILES string of the molecule is CCOc1ccccc1-c1cccc(C(=O)NC2CC(C(=O)O)C2)c1. The van der Waals surface area contributed by atoms with Gasteiger partial charge in [0.15, 0.2) is 0 Å². The van der Waals surface area contributed by atoms with Crippen LogP contribution in [0.2, 0.25) is 0 Å². The number of hydrogen-bond acceptors (Lipinski definition) is 3. The lowest BCUT2D eigenvalue weighted by Gasteiger charge is -2.32. The maximum absolute atomic E-state index is 12.4. The summed E-state index contributed by atoms with van der Waals surface area (Å²) in [6.45, 7) is 2.51. The molecule has 0 bridgehead atoms. The van der Waals surface area contributed by atoms with E-state index in [9.17, 15) is 9.59 Å². The number of hydrogen-bond donors (Lipinski definition) is 2. The lowest BCUT2D eigenvalue weighted by Crippen LogP contribution is -2.46. The number of rotatable bonds is 6. The van der Waals surface area contributed by atoms with Gasteiger partial charge in [0.1, 0.15) is 5.75 Å². The molecular formula is C20H21NO4. The smallest absolute Gasteiger partial charge is 0.306 e. The highest BCUT2D eigenvalue weighted by Gasteiger charge is 2.35. The minimum atomic E-state index is -0.792. The van der Waals surface area contributed by atoms with Gasteiger partial charge in [-0.1, -0.05) is 30.3 Å². The van der Waals surface area contributed by atoms with Gasteiger partial charge >= 0.3 is 5.97 Å². The maximum atomic E-state index is 12.4. The van der Waals surface area contributed by atoms with Crippen molar-refractivity contribution >= 4 is 11.9 Å². The van der Waals surface area contributed by atoms with Gasteiger partial charge in [-0.15, -0.1) is 0 Å². The zero-order valence-electron chi connectivity index (χ0n) is 14.1. The summed E-state index contributed by atoms with van der Waals surface area (Å²) in [6.07, 6.45) is 0.988. The van der Waals surface area contributed by atoms with Gasteiger partial charge in [0.25, 0.3) is 5.91 Å². The molecule has 0 saturated heterocycles. The first-order chi connectivity index (χ1) is 12.1. The van der Waals surface area contributed by atoms with Gasteiger partial charge in [-0.3, -0.25) is 9.59 Å². The number of carbonyl (C=O) groups excluding carboxylic acids is 1. The second kappa shape index (κ2) is 7.38. The summed E-state index contributed by atoms with van der Waals surface area (Å²) >= 11 is 0. The summed E-state index contributed by atoms with van der Waals surface area (Å²) in [5.41, 5.74) is 2.41. The molecule has 0 atom stereocenters. The van der Waals surface area contributed by atoms with Crippen LogP contribution in [0.3, 0.4) is 0 Å². The van der Waals surface area contributed by atoms with Crippen LogP contribution < -0.4 is 10.1 Å². The van der Waals surface area contributed by atoms with Crippen LogP contribution in [-0.4, -0.2) is 29.6 Å². The monoisotopic (exact) mass is 339 g/mol. The molecule has 1 aliphatic carbocycles. The first-order valence-electron chi connectivity index (χ1n) is 8.44. The molecule has 1 fully saturated rings. The predicted molar refractivity (Wildman–Crippen MR) is 94.7 cm³/mol. The zero-order chi connectivity index (χ0) is 17.8. The summed E-state index contributed by atoms with van der Waals surface area (Å²) in [4.78, 5) is 23.3. The second-order valence-electron chi connectivity index (χ2n) is 6.19. The van der Waals surface area contributed by atoms with Gasteiger partial charge < -0.3 is 15.2 Å². The number of para-hydroxylation sites is 1. The van der Waals surface area contributed by atoms with Crippen molar-refractivity contribution < 1.29 is 19.4 Å². The topological polar surface area (TPSA) is 75.6 Å². The Hall–Kier alpha value is -2.82. The van der Waals surface area contributed by atoms with E-state index >= 15 is 0 Å². The van der Waals surface area contributed by atoms with E-state index in [0.29, 0.717) is 25.0 Å². The molecule has 0 radical (unpaired) electrons. The van der Waals surface area contributed by atoms with Crippen LogP contribution in [-0.2, 0) is 4.79 Å². The lowest BCUT2D eigenvalue weighted by atomic mass is 9.80. The highest BCUT2D eigenvalue weighted by atomic mass is 16.5. The summed E-state index contributed by atoms with van der Waals surface area (Å²) in [5.74, 6) is -0.523. The van der Waals surface area contributed by atoms with Crippen LogP contribution in [0.15, 0.2) is 48.5 Å². The molecule has 2 aromatic carbocycles. The van der Waals surface area contributed by atoms with Crippen LogP contribution >= 0.6 is 0 Å². The van der Waals surface area contributed by atoms with E-state index in [1.54, 1.807) is 6.07 Å². The third-order valence-corrected chi connectivity index (χ3v) is 4.45. The Balaban J connectivity index is 1.74. The Kier molecular flexibility index (Phi) is 5.03. The molecule has 0 aliphatic heterocycles. The molecule has 3 rings (SSSR count). The molecule has 1 aliphatic rings. The fourth-order valence-corrected chi connectivity index (χ4v) is 3.02. The Morgan fingerprint density at radius 3 is 2.64 bits per heavy atom. The largest absolute Gasteiger partial charge is 0.493 e. The number of carbonyl (C=O) groups is 2. The van der Waals surface area contributed by atoms with Crippen LogP contribution in [0.4, 0.5) is 0 Å². The zero-order valence-corrected chi connectivity index (χ0v) is 14.1. The van der Waals surface area contributed by atoms with E-state index in [2.05, 4.69) is 5.32 Å². The van der Waals surface area contributed by atoms with Crippen LogP contribution in [0, 0.1) is 5.92 Å². The fraction of sp³-hybridized carbons (Fsp3) is 0.300. The number of amides is 1. The minimum absolute atomic E-state index is 0.0621. The fourth-order valence-electron chi connectivity index (χ4n) is 3.02.